The fraction of sp³-hybridized carbons (Fsp3) is 0.512. The highest BCUT2D eigenvalue weighted by molar-refractivity contribution is 6.99. The monoisotopic (exact) mass is 701 g/mol. The minimum atomic E-state index is -2.82. The molecule has 50 heavy (non-hydrogen) atoms. The van der Waals surface area contributed by atoms with Gasteiger partial charge in [0.05, 0.1) is 12.6 Å². The quantitative estimate of drug-likeness (QED) is 0.213. The Morgan fingerprint density at radius 2 is 1.52 bits per heavy atom. The average Bonchev–Trinajstić information content (AvgIpc) is 3.03. The van der Waals surface area contributed by atoms with E-state index in [1.807, 2.05) is 65.9 Å². The zero-order valence-electron chi connectivity index (χ0n) is 32.1. The standard InChI is InChI=1S/C41H59N3O5Si/c1-12-41(10,28-47-38(46)43-39(4,5)6)49-32-24-23-30-25-31(42-37(45)36(29(2)3)44(11)35(30)26-32)27-48-50(40(7,8)9,33-19-15-13-16-20-33)34-21-17-14-18-22-34/h13-24,26,29,31,36H,12,25,27-28H2,1-11H3,(H,42,45)(H,43,46)/t31-,36-,41?/m0/s1. The molecule has 1 heterocycles. The van der Waals surface area contributed by atoms with Crippen LogP contribution in [-0.4, -0.2) is 63.8 Å². The maximum atomic E-state index is 14.0. The Bertz CT molecular complexity index is 1550. The van der Waals surface area contributed by atoms with Crippen molar-refractivity contribution in [1.29, 1.82) is 0 Å². The highest BCUT2D eigenvalue weighted by Crippen LogP contribution is 2.38. The summed E-state index contributed by atoms with van der Waals surface area (Å²) < 4.78 is 19.4. The van der Waals surface area contributed by atoms with Crippen molar-refractivity contribution >= 4 is 36.4 Å². The van der Waals surface area contributed by atoms with Crippen LogP contribution < -0.4 is 30.6 Å². The van der Waals surface area contributed by atoms with Gasteiger partial charge >= 0.3 is 6.09 Å². The molecule has 1 aliphatic rings. The van der Waals surface area contributed by atoms with E-state index in [-0.39, 0.29) is 29.5 Å². The highest BCUT2D eigenvalue weighted by Gasteiger charge is 2.50. The minimum absolute atomic E-state index is 0.0211. The van der Waals surface area contributed by atoms with Crippen molar-refractivity contribution in [2.24, 2.45) is 5.92 Å². The van der Waals surface area contributed by atoms with Crippen molar-refractivity contribution in [2.75, 3.05) is 25.2 Å². The third-order valence-corrected chi connectivity index (χ3v) is 14.6. The Morgan fingerprint density at radius 3 is 2.02 bits per heavy atom. The molecule has 3 aromatic carbocycles. The molecule has 0 aromatic heterocycles. The number of ether oxygens (including phenoxy) is 2. The molecule has 0 saturated heterocycles. The van der Waals surface area contributed by atoms with E-state index in [4.69, 9.17) is 13.9 Å². The SMILES string of the molecule is CCC(C)(COC(=O)NC(C)(C)C)Oc1ccc2c(c1)N(C)[C@@H](C(C)C)C(=O)N[C@H](CO[Si](c1ccccc1)(c1ccccc1)C(C)(C)C)C2. The van der Waals surface area contributed by atoms with Gasteiger partial charge in [-0.2, -0.15) is 0 Å². The average molecular weight is 702 g/mol. The topological polar surface area (TPSA) is 89.1 Å². The second kappa shape index (κ2) is 15.6. The second-order valence-corrected chi connectivity index (χ2v) is 20.6. The van der Waals surface area contributed by atoms with E-state index in [1.165, 1.54) is 10.4 Å². The van der Waals surface area contributed by atoms with Crippen molar-refractivity contribution in [1.82, 2.24) is 10.6 Å². The lowest BCUT2D eigenvalue weighted by molar-refractivity contribution is -0.124. The summed E-state index contributed by atoms with van der Waals surface area (Å²) in [6.07, 6.45) is 0.743. The Kier molecular flexibility index (Phi) is 12.2. The molecule has 3 atom stereocenters. The van der Waals surface area contributed by atoms with Crippen LogP contribution in [0.15, 0.2) is 78.9 Å². The molecule has 0 aliphatic carbocycles. The number of nitrogens with one attached hydrogen (secondary N) is 2. The lowest BCUT2D eigenvalue weighted by Gasteiger charge is -2.44. The van der Waals surface area contributed by atoms with Crippen molar-refractivity contribution in [3.8, 4) is 5.75 Å². The normalized spacial score (nSPS) is 18.3. The van der Waals surface area contributed by atoms with Gasteiger partial charge in [-0.25, -0.2) is 4.79 Å². The molecule has 2 N–H and O–H groups in total. The van der Waals surface area contributed by atoms with Gasteiger partial charge in [0.25, 0.3) is 8.32 Å². The van der Waals surface area contributed by atoms with Gasteiger partial charge in [-0.05, 0) is 73.5 Å². The molecule has 3 aromatic rings. The molecule has 0 radical (unpaired) electrons. The summed E-state index contributed by atoms with van der Waals surface area (Å²) in [6.45, 7) is 21.1. The van der Waals surface area contributed by atoms with E-state index < -0.39 is 31.6 Å². The second-order valence-electron chi connectivity index (χ2n) is 16.3. The van der Waals surface area contributed by atoms with E-state index in [0.29, 0.717) is 25.2 Å². The zero-order valence-corrected chi connectivity index (χ0v) is 33.1. The van der Waals surface area contributed by atoms with Gasteiger partial charge in [-0.15, -0.1) is 0 Å². The smallest absolute Gasteiger partial charge is 0.407 e. The molecule has 2 amide bonds. The Morgan fingerprint density at radius 1 is 0.940 bits per heavy atom. The first-order valence-corrected chi connectivity index (χ1v) is 19.8. The van der Waals surface area contributed by atoms with Crippen molar-refractivity contribution in [3.05, 3.63) is 84.4 Å². The molecule has 4 rings (SSSR count). The highest BCUT2D eigenvalue weighted by atomic mass is 28.4. The molecular formula is C41H59N3O5Si. The van der Waals surface area contributed by atoms with Crippen LogP contribution in [0.5, 0.6) is 5.75 Å². The Balaban J connectivity index is 1.67. The number of nitrogens with zero attached hydrogens (tertiary/aromatic N) is 1. The minimum Gasteiger partial charge on any atom is -0.484 e. The molecule has 272 valence electrons. The zero-order chi connectivity index (χ0) is 36.9. The Hall–Kier alpha value is -3.82. The van der Waals surface area contributed by atoms with Crippen molar-refractivity contribution in [3.63, 3.8) is 0 Å². The van der Waals surface area contributed by atoms with Crippen LogP contribution in [0, 0.1) is 5.92 Å². The molecule has 1 unspecified atom stereocenters. The molecule has 0 bridgehead atoms. The molecule has 9 heteroatoms. The van der Waals surface area contributed by atoms with Crippen LogP contribution in [0.2, 0.25) is 5.04 Å². The molecule has 0 fully saturated rings. The van der Waals surface area contributed by atoms with E-state index in [2.05, 4.69) is 105 Å². The first-order chi connectivity index (χ1) is 23.4. The van der Waals surface area contributed by atoms with Gasteiger partial charge in [0.2, 0.25) is 5.91 Å². The van der Waals surface area contributed by atoms with E-state index >= 15 is 0 Å². The third kappa shape index (κ3) is 9.09. The number of benzene rings is 3. The lowest BCUT2D eigenvalue weighted by atomic mass is 9.95. The van der Waals surface area contributed by atoms with Crippen LogP contribution in [0.4, 0.5) is 10.5 Å². The molecule has 0 saturated carbocycles. The number of amides is 2. The molecular weight excluding hydrogens is 643 g/mol. The number of alkyl carbamates (subject to hydrolysis) is 1. The number of carbonyl (C=O) groups is 2. The lowest BCUT2D eigenvalue weighted by Crippen LogP contribution is -2.67. The predicted molar refractivity (Wildman–Crippen MR) is 206 cm³/mol. The number of rotatable bonds is 11. The number of anilines is 1. The van der Waals surface area contributed by atoms with Gasteiger partial charge in [0, 0.05) is 24.3 Å². The summed E-state index contributed by atoms with van der Waals surface area (Å²) in [5.41, 5.74) is 0.893. The molecule has 8 nitrogen and oxygen atoms in total. The van der Waals surface area contributed by atoms with E-state index in [0.717, 1.165) is 11.3 Å². The van der Waals surface area contributed by atoms with Gasteiger partial charge in [-0.1, -0.05) is 108 Å². The Labute approximate surface area is 301 Å². The number of likely N-dealkylation sites (N-methyl/N-ethyl adjacent to an activating group) is 1. The van der Waals surface area contributed by atoms with Crippen molar-refractivity contribution < 1.29 is 23.5 Å². The van der Waals surface area contributed by atoms with E-state index in [1.54, 1.807) is 0 Å². The van der Waals surface area contributed by atoms with E-state index in [9.17, 15) is 9.59 Å². The first kappa shape index (κ1) is 39.0. The fourth-order valence-corrected chi connectivity index (χ4v) is 11.5. The molecule has 0 spiro atoms. The number of hydrogen-bond donors (Lipinski definition) is 2. The summed E-state index contributed by atoms with van der Waals surface area (Å²) >= 11 is 0. The maximum absolute atomic E-state index is 14.0. The van der Waals surface area contributed by atoms with Gasteiger partial charge in [0.15, 0.2) is 0 Å². The largest absolute Gasteiger partial charge is 0.484 e. The maximum Gasteiger partial charge on any atom is 0.407 e. The van der Waals surface area contributed by atoms with Crippen LogP contribution in [0.3, 0.4) is 0 Å². The summed E-state index contributed by atoms with van der Waals surface area (Å²) in [4.78, 5) is 28.5. The summed E-state index contributed by atoms with van der Waals surface area (Å²) in [5, 5.41) is 8.45. The fourth-order valence-electron chi connectivity index (χ4n) is 6.92. The van der Waals surface area contributed by atoms with Gasteiger partial charge < -0.3 is 29.4 Å². The predicted octanol–water partition coefficient (Wildman–Crippen LogP) is 6.84. The molecule has 1 aliphatic heterocycles. The van der Waals surface area contributed by atoms with Crippen LogP contribution in [0.25, 0.3) is 0 Å². The van der Waals surface area contributed by atoms with Gasteiger partial charge in [-0.3, -0.25) is 4.79 Å². The first-order valence-electron chi connectivity index (χ1n) is 17.9. The third-order valence-electron chi connectivity index (χ3n) is 9.58. The van der Waals surface area contributed by atoms with Gasteiger partial charge in [0.1, 0.15) is 24.0 Å². The number of hydrogen-bond acceptors (Lipinski definition) is 6. The van der Waals surface area contributed by atoms with Crippen LogP contribution in [-0.2, 0) is 20.4 Å². The number of fused-ring (bicyclic) bond motifs is 1. The summed E-state index contributed by atoms with van der Waals surface area (Å²) in [5.74, 6) is 0.681. The van der Waals surface area contributed by atoms with Crippen LogP contribution >= 0.6 is 0 Å². The van der Waals surface area contributed by atoms with Crippen molar-refractivity contribution in [2.45, 2.75) is 110 Å². The number of carbonyl (C=O) groups excluding carboxylic acids is 2. The summed E-state index contributed by atoms with van der Waals surface area (Å²) in [6, 6.07) is 26.6. The van der Waals surface area contributed by atoms with Crippen LogP contribution in [0.1, 0.15) is 81.2 Å². The summed E-state index contributed by atoms with van der Waals surface area (Å²) in [7, 11) is -0.843.